The molecule has 0 saturated carbocycles. The van der Waals surface area contributed by atoms with Gasteiger partial charge >= 0.3 is 0 Å². The topological polar surface area (TPSA) is 50.2 Å². The van der Waals surface area contributed by atoms with Crippen LogP contribution >= 0.6 is 12.4 Å². The molecule has 0 aliphatic carbocycles. The van der Waals surface area contributed by atoms with Crippen molar-refractivity contribution >= 4 is 29.2 Å². The lowest BCUT2D eigenvalue weighted by Crippen LogP contribution is -2.55. The smallest absolute Gasteiger partial charge is 0.270 e. The number of amides is 1. The first-order valence-electron chi connectivity index (χ1n) is 8.58. The molecule has 130 valence electrons. The van der Waals surface area contributed by atoms with Crippen molar-refractivity contribution in [2.24, 2.45) is 7.05 Å². The molecule has 4 rings (SSSR count). The van der Waals surface area contributed by atoms with E-state index in [0.717, 1.165) is 23.7 Å². The van der Waals surface area contributed by atoms with Crippen LogP contribution in [0.3, 0.4) is 0 Å². The van der Waals surface area contributed by atoms with E-state index in [1.165, 1.54) is 19.3 Å². The van der Waals surface area contributed by atoms with Gasteiger partial charge in [-0.15, -0.1) is 12.4 Å². The zero-order valence-corrected chi connectivity index (χ0v) is 15.1. The summed E-state index contributed by atoms with van der Waals surface area (Å²) in [4.78, 5) is 15.3. The molecule has 1 aromatic heterocycles. The first-order valence-corrected chi connectivity index (χ1v) is 8.58. The fourth-order valence-electron chi connectivity index (χ4n) is 4.40. The highest BCUT2D eigenvalue weighted by Crippen LogP contribution is 2.32. The van der Waals surface area contributed by atoms with Crippen molar-refractivity contribution in [3.05, 3.63) is 30.0 Å². The summed E-state index contributed by atoms with van der Waals surface area (Å²) in [6.07, 6.45) is 5.97. The Kier molecular flexibility index (Phi) is 4.83. The molecule has 0 radical (unpaired) electrons. The summed E-state index contributed by atoms with van der Waals surface area (Å²) in [6, 6.07) is 9.36. The van der Waals surface area contributed by atoms with Crippen molar-refractivity contribution in [1.29, 1.82) is 0 Å². The third kappa shape index (κ3) is 2.91. The number of hydrogen-bond acceptors (Lipinski definition) is 3. The van der Waals surface area contributed by atoms with Crippen LogP contribution in [-0.4, -0.2) is 45.8 Å². The lowest BCUT2D eigenvalue weighted by molar-refractivity contribution is 0.0461. The van der Waals surface area contributed by atoms with E-state index < -0.39 is 0 Å². The number of halogens is 1. The lowest BCUT2D eigenvalue weighted by Gasteiger charge is -2.47. The molecular weight excluding hydrogens is 324 g/mol. The van der Waals surface area contributed by atoms with E-state index in [-0.39, 0.29) is 24.4 Å². The van der Waals surface area contributed by atoms with Gasteiger partial charge in [0.2, 0.25) is 0 Å². The number of piperidine rings is 2. The fraction of sp³-hybridized carbons (Fsp3) is 0.556. The zero-order chi connectivity index (χ0) is 16.0. The van der Waals surface area contributed by atoms with Gasteiger partial charge in [0, 0.05) is 30.6 Å². The summed E-state index contributed by atoms with van der Waals surface area (Å²) in [5.74, 6) is 0.00817. The van der Waals surface area contributed by atoms with E-state index in [2.05, 4.69) is 22.4 Å². The van der Waals surface area contributed by atoms with Gasteiger partial charge in [-0.05, 0) is 38.8 Å². The quantitative estimate of drug-likeness (QED) is 0.907. The van der Waals surface area contributed by atoms with E-state index in [0.29, 0.717) is 17.8 Å². The second-order valence-electron chi connectivity index (χ2n) is 7.04. The number of nitrogens with zero attached hydrogens (tertiary/aromatic N) is 3. The number of aromatic nitrogens is 2. The number of rotatable bonds is 2. The monoisotopic (exact) mass is 348 g/mol. The van der Waals surface area contributed by atoms with Crippen molar-refractivity contribution in [1.82, 2.24) is 20.0 Å². The fourth-order valence-corrected chi connectivity index (χ4v) is 4.40. The van der Waals surface area contributed by atoms with Crippen LogP contribution in [0.2, 0.25) is 0 Å². The van der Waals surface area contributed by atoms with Crippen LogP contribution in [0.1, 0.15) is 42.6 Å². The Morgan fingerprint density at radius 3 is 2.54 bits per heavy atom. The molecule has 2 bridgehead atoms. The van der Waals surface area contributed by atoms with Gasteiger partial charge in [0.15, 0.2) is 0 Å². The standard InChI is InChI=1S/C18H24N4O.ClH/c1-21-13-6-5-7-14(21)11-12(10-13)19-18(23)17-15-8-3-4-9-16(15)20-22(17)2;/h3-4,8-9,12-14H,5-7,10-11H2,1-2H3,(H,19,23);1H/t12?,13-,14+;. The average Bonchev–Trinajstić information content (AvgIpc) is 2.84. The normalized spacial score (nSPS) is 26.8. The highest BCUT2D eigenvalue weighted by Gasteiger charge is 2.36. The van der Waals surface area contributed by atoms with Gasteiger partial charge in [0.1, 0.15) is 5.69 Å². The van der Waals surface area contributed by atoms with Crippen LogP contribution in [-0.2, 0) is 7.05 Å². The Morgan fingerprint density at radius 2 is 1.83 bits per heavy atom. The van der Waals surface area contributed by atoms with Gasteiger partial charge in [-0.3, -0.25) is 9.48 Å². The Morgan fingerprint density at radius 1 is 1.17 bits per heavy atom. The maximum absolute atomic E-state index is 12.8. The first-order chi connectivity index (χ1) is 11.1. The van der Waals surface area contributed by atoms with E-state index in [9.17, 15) is 4.79 Å². The largest absolute Gasteiger partial charge is 0.348 e. The van der Waals surface area contributed by atoms with Crippen molar-refractivity contribution in [3.63, 3.8) is 0 Å². The van der Waals surface area contributed by atoms with Crippen molar-refractivity contribution < 1.29 is 4.79 Å². The average molecular weight is 349 g/mol. The molecule has 2 saturated heterocycles. The number of carbonyl (C=O) groups excluding carboxylic acids is 1. The van der Waals surface area contributed by atoms with Crippen molar-refractivity contribution in [2.75, 3.05) is 7.05 Å². The molecule has 24 heavy (non-hydrogen) atoms. The molecule has 2 aromatic rings. The molecule has 1 aromatic carbocycles. The summed E-state index contributed by atoms with van der Waals surface area (Å²) in [5.41, 5.74) is 1.55. The predicted molar refractivity (Wildman–Crippen MR) is 97.6 cm³/mol. The molecule has 6 heteroatoms. The SMILES string of the molecule is CN1[C@@H]2CCC[C@H]1CC(NC(=O)c1c3ccccc3nn1C)C2.Cl. The van der Waals surface area contributed by atoms with Crippen molar-refractivity contribution in [3.8, 4) is 0 Å². The number of fused-ring (bicyclic) bond motifs is 3. The van der Waals surface area contributed by atoms with Crippen LogP contribution in [0.5, 0.6) is 0 Å². The molecule has 0 spiro atoms. The minimum Gasteiger partial charge on any atom is -0.348 e. The molecular formula is C18H25ClN4O. The molecule has 1 amide bonds. The first kappa shape index (κ1) is 17.2. The number of carbonyl (C=O) groups is 1. The highest BCUT2D eigenvalue weighted by molar-refractivity contribution is 6.05. The summed E-state index contributed by atoms with van der Waals surface area (Å²) in [5, 5.41) is 8.65. The zero-order valence-electron chi connectivity index (χ0n) is 14.2. The molecule has 2 aliphatic rings. The molecule has 3 heterocycles. The lowest BCUT2D eigenvalue weighted by atomic mass is 9.82. The van der Waals surface area contributed by atoms with Gasteiger partial charge in [-0.1, -0.05) is 24.6 Å². The van der Waals surface area contributed by atoms with E-state index >= 15 is 0 Å². The summed E-state index contributed by atoms with van der Waals surface area (Å²) < 4.78 is 1.70. The number of nitrogens with one attached hydrogen (secondary N) is 1. The minimum atomic E-state index is 0. The van der Waals surface area contributed by atoms with Crippen LogP contribution in [0, 0.1) is 0 Å². The number of hydrogen-bond donors (Lipinski definition) is 1. The number of aryl methyl sites for hydroxylation is 1. The Hall–Kier alpha value is -1.59. The number of benzene rings is 1. The van der Waals surface area contributed by atoms with Crippen LogP contribution in [0.4, 0.5) is 0 Å². The van der Waals surface area contributed by atoms with E-state index in [1.54, 1.807) is 4.68 Å². The van der Waals surface area contributed by atoms with Gasteiger partial charge in [-0.25, -0.2) is 0 Å². The van der Waals surface area contributed by atoms with Gasteiger partial charge in [0.05, 0.1) is 5.52 Å². The van der Waals surface area contributed by atoms with Crippen LogP contribution < -0.4 is 5.32 Å². The maximum Gasteiger partial charge on any atom is 0.270 e. The highest BCUT2D eigenvalue weighted by atomic mass is 35.5. The molecule has 1 unspecified atom stereocenters. The Labute approximate surface area is 148 Å². The van der Waals surface area contributed by atoms with E-state index in [1.807, 2.05) is 31.3 Å². The van der Waals surface area contributed by atoms with Gasteiger partial charge in [-0.2, -0.15) is 5.10 Å². The van der Waals surface area contributed by atoms with Gasteiger partial charge in [0.25, 0.3) is 5.91 Å². The molecule has 5 nitrogen and oxygen atoms in total. The molecule has 3 atom stereocenters. The maximum atomic E-state index is 12.8. The van der Waals surface area contributed by atoms with Crippen molar-refractivity contribution in [2.45, 2.75) is 50.2 Å². The Bertz CT molecular complexity index is 730. The second-order valence-corrected chi connectivity index (χ2v) is 7.04. The Balaban J connectivity index is 0.00000169. The van der Waals surface area contributed by atoms with E-state index in [4.69, 9.17) is 0 Å². The van der Waals surface area contributed by atoms with Crippen LogP contribution in [0.15, 0.2) is 24.3 Å². The van der Waals surface area contributed by atoms with Crippen LogP contribution in [0.25, 0.3) is 10.9 Å². The third-order valence-electron chi connectivity index (χ3n) is 5.63. The second kappa shape index (κ2) is 6.73. The third-order valence-corrected chi connectivity index (χ3v) is 5.63. The minimum absolute atomic E-state index is 0. The molecule has 1 N–H and O–H groups in total. The summed E-state index contributed by atoms with van der Waals surface area (Å²) in [7, 11) is 4.08. The molecule has 2 aliphatic heterocycles. The summed E-state index contributed by atoms with van der Waals surface area (Å²) in [6.45, 7) is 0. The van der Waals surface area contributed by atoms with Gasteiger partial charge < -0.3 is 10.2 Å². The predicted octanol–water partition coefficient (Wildman–Crippen LogP) is 2.74. The summed E-state index contributed by atoms with van der Waals surface area (Å²) >= 11 is 0. The molecule has 2 fully saturated rings.